The average Bonchev–Trinajstić information content (AvgIpc) is 2.34. The first-order valence-corrected chi connectivity index (χ1v) is 6.97. The molecule has 0 aliphatic heterocycles. The average molecular weight is 270 g/mol. The van der Waals surface area contributed by atoms with Crippen LogP contribution in [0.1, 0.15) is 44.7 Å². The number of ether oxygens (including phenoxy) is 1. The number of benzene rings is 1. The molecule has 102 valence electrons. The van der Waals surface area contributed by atoms with Crippen LogP contribution in [0.5, 0.6) is 5.75 Å². The Morgan fingerprint density at radius 2 is 2.00 bits per heavy atom. The van der Waals surface area contributed by atoms with Crippen LogP contribution in [0.3, 0.4) is 0 Å². The van der Waals surface area contributed by atoms with Gasteiger partial charge in [-0.05, 0) is 31.5 Å². The van der Waals surface area contributed by atoms with Crippen molar-refractivity contribution in [2.24, 2.45) is 5.92 Å². The summed E-state index contributed by atoms with van der Waals surface area (Å²) < 4.78 is 5.41. The van der Waals surface area contributed by atoms with Crippen molar-refractivity contribution in [1.82, 2.24) is 5.32 Å². The summed E-state index contributed by atoms with van der Waals surface area (Å²) in [7, 11) is 3.68. The third kappa shape index (κ3) is 4.51. The van der Waals surface area contributed by atoms with Crippen LogP contribution in [-0.2, 0) is 0 Å². The summed E-state index contributed by atoms with van der Waals surface area (Å²) in [6.45, 7) is 4.52. The van der Waals surface area contributed by atoms with E-state index in [2.05, 4.69) is 25.2 Å². The van der Waals surface area contributed by atoms with E-state index in [1.165, 1.54) is 18.4 Å². The third-order valence-electron chi connectivity index (χ3n) is 3.19. The smallest absolute Gasteiger partial charge is 0.125 e. The fourth-order valence-electron chi connectivity index (χ4n) is 2.16. The van der Waals surface area contributed by atoms with Crippen molar-refractivity contribution < 1.29 is 4.74 Å². The number of hydrogen-bond donors (Lipinski definition) is 1. The van der Waals surface area contributed by atoms with Crippen molar-refractivity contribution in [3.63, 3.8) is 0 Å². The van der Waals surface area contributed by atoms with Crippen molar-refractivity contribution in [2.45, 2.75) is 39.2 Å². The van der Waals surface area contributed by atoms with Crippen molar-refractivity contribution >= 4 is 11.6 Å². The van der Waals surface area contributed by atoms with Gasteiger partial charge in [0.1, 0.15) is 5.75 Å². The highest BCUT2D eigenvalue weighted by atomic mass is 35.5. The summed E-state index contributed by atoms with van der Waals surface area (Å²) in [6, 6.07) is 6.18. The van der Waals surface area contributed by atoms with Gasteiger partial charge in [-0.15, -0.1) is 0 Å². The van der Waals surface area contributed by atoms with Gasteiger partial charge in [-0.1, -0.05) is 44.4 Å². The zero-order chi connectivity index (χ0) is 13.5. The summed E-state index contributed by atoms with van der Waals surface area (Å²) in [5, 5.41) is 4.08. The molecule has 1 atom stereocenters. The first-order valence-electron chi connectivity index (χ1n) is 6.59. The lowest BCUT2D eigenvalue weighted by Gasteiger charge is -2.20. The van der Waals surface area contributed by atoms with Crippen LogP contribution >= 0.6 is 11.6 Å². The van der Waals surface area contributed by atoms with Crippen LogP contribution in [0.4, 0.5) is 0 Å². The molecule has 0 aliphatic rings. The van der Waals surface area contributed by atoms with Crippen molar-refractivity contribution in [2.75, 3.05) is 14.2 Å². The normalized spacial score (nSPS) is 12.8. The third-order valence-corrected chi connectivity index (χ3v) is 3.43. The van der Waals surface area contributed by atoms with E-state index in [0.29, 0.717) is 11.1 Å². The Morgan fingerprint density at radius 1 is 1.28 bits per heavy atom. The second-order valence-corrected chi connectivity index (χ2v) is 5.49. The number of halogens is 1. The number of hydrogen-bond acceptors (Lipinski definition) is 2. The minimum atomic E-state index is 0.330. The maximum Gasteiger partial charge on any atom is 0.125 e. The Morgan fingerprint density at radius 3 is 2.56 bits per heavy atom. The largest absolute Gasteiger partial charge is 0.496 e. The molecule has 1 rings (SSSR count). The molecule has 1 unspecified atom stereocenters. The highest BCUT2D eigenvalue weighted by molar-refractivity contribution is 6.30. The van der Waals surface area contributed by atoms with Crippen LogP contribution in [0.25, 0.3) is 0 Å². The van der Waals surface area contributed by atoms with Crippen molar-refractivity contribution in [3.8, 4) is 5.75 Å². The van der Waals surface area contributed by atoms with E-state index in [0.717, 1.165) is 18.1 Å². The molecule has 0 bridgehead atoms. The Labute approximate surface area is 116 Å². The van der Waals surface area contributed by atoms with Gasteiger partial charge < -0.3 is 10.1 Å². The van der Waals surface area contributed by atoms with Crippen LogP contribution in [0.15, 0.2) is 18.2 Å². The summed E-state index contributed by atoms with van der Waals surface area (Å²) in [5.41, 5.74) is 1.19. The first-order chi connectivity index (χ1) is 8.58. The molecule has 0 saturated heterocycles. The monoisotopic (exact) mass is 269 g/mol. The Bertz CT molecular complexity index is 366. The second-order valence-electron chi connectivity index (χ2n) is 5.05. The van der Waals surface area contributed by atoms with Gasteiger partial charge in [-0.25, -0.2) is 0 Å². The predicted molar refractivity (Wildman–Crippen MR) is 78.5 cm³/mol. The molecule has 0 aromatic heterocycles. The maximum absolute atomic E-state index is 5.99. The van der Waals surface area contributed by atoms with Gasteiger partial charge in [-0.2, -0.15) is 0 Å². The molecule has 0 saturated carbocycles. The predicted octanol–water partition coefficient (Wildman–Crippen LogP) is 4.44. The van der Waals surface area contributed by atoms with E-state index in [1.807, 2.05) is 19.2 Å². The van der Waals surface area contributed by atoms with Crippen molar-refractivity contribution in [3.05, 3.63) is 28.8 Å². The highest BCUT2D eigenvalue weighted by Gasteiger charge is 2.14. The van der Waals surface area contributed by atoms with E-state index in [1.54, 1.807) is 7.11 Å². The Kier molecular flexibility index (Phi) is 6.51. The number of nitrogens with one attached hydrogen (secondary N) is 1. The van der Waals surface area contributed by atoms with Gasteiger partial charge in [0.25, 0.3) is 0 Å². The van der Waals surface area contributed by atoms with E-state index in [-0.39, 0.29) is 0 Å². The molecule has 18 heavy (non-hydrogen) atoms. The van der Waals surface area contributed by atoms with Crippen LogP contribution in [0, 0.1) is 5.92 Å². The van der Waals surface area contributed by atoms with E-state index < -0.39 is 0 Å². The second kappa shape index (κ2) is 7.65. The van der Waals surface area contributed by atoms with Gasteiger partial charge in [-0.3, -0.25) is 0 Å². The number of rotatable bonds is 7. The molecule has 3 heteroatoms. The van der Waals surface area contributed by atoms with Crippen molar-refractivity contribution in [1.29, 1.82) is 0 Å². The molecule has 1 aromatic carbocycles. The topological polar surface area (TPSA) is 21.3 Å². The van der Waals surface area contributed by atoms with E-state index >= 15 is 0 Å². The SMILES string of the molecule is CNC(CCCC(C)C)c1ccc(Cl)cc1OC. The molecule has 0 radical (unpaired) electrons. The highest BCUT2D eigenvalue weighted by Crippen LogP contribution is 2.31. The molecule has 0 amide bonds. The van der Waals surface area contributed by atoms with E-state index in [9.17, 15) is 0 Å². The van der Waals surface area contributed by atoms with Gasteiger partial charge in [0.2, 0.25) is 0 Å². The molecule has 0 aliphatic carbocycles. The van der Waals surface area contributed by atoms with Crippen LogP contribution in [-0.4, -0.2) is 14.2 Å². The molecule has 1 aromatic rings. The Balaban J connectivity index is 2.75. The molecule has 0 fully saturated rings. The zero-order valence-corrected chi connectivity index (χ0v) is 12.6. The molecule has 1 N–H and O–H groups in total. The summed E-state index contributed by atoms with van der Waals surface area (Å²) in [6.07, 6.45) is 3.59. The van der Waals surface area contributed by atoms with Gasteiger partial charge in [0.15, 0.2) is 0 Å². The standard InChI is InChI=1S/C15H24ClNO/c1-11(2)6-5-7-14(17-3)13-9-8-12(16)10-15(13)18-4/h8-11,14,17H,5-7H2,1-4H3. The number of methoxy groups -OCH3 is 1. The fraction of sp³-hybridized carbons (Fsp3) is 0.600. The quantitative estimate of drug-likeness (QED) is 0.790. The minimum Gasteiger partial charge on any atom is -0.496 e. The van der Waals surface area contributed by atoms with Gasteiger partial charge >= 0.3 is 0 Å². The molecular formula is C15H24ClNO. The summed E-state index contributed by atoms with van der Waals surface area (Å²) in [4.78, 5) is 0. The van der Waals surface area contributed by atoms with Crippen LogP contribution < -0.4 is 10.1 Å². The minimum absolute atomic E-state index is 0.330. The summed E-state index contributed by atoms with van der Waals surface area (Å²) in [5.74, 6) is 1.63. The molecular weight excluding hydrogens is 246 g/mol. The summed E-state index contributed by atoms with van der Waals surface area (Å²) >= 11 is 5.99. The van der Waals surface area contributed by atoms with Crippen LogP contribution in [0.2, 0.25) is 5.02 Å². The lowest BCUT2D eigenvalue weighted by molar-refractivity contribution is 0.394. The maximum atomic E-state index is 5.99. The zero-order valence-electron chi connectivity index (χ0n) is 11.8. The van der Waals surface area contributed by atoms with Gasteiger partial charge in [0, 0.05) is 16.6 Å². The van der Waals surface area contributed by atoms with Gasteiger partial charge in [0.05, 0.1) is 7.11 Å². The molecule has 2 nitrogen and oxygen atoms in total. The molecule has 0 heterocycles. The molecule has 0 spiro atoms. The first kappa shape index (κ1) is 15.3. The van der Waals surface area contributed by atoms with E-state index in [4.69, 9.17) is 16.3 Å². The fourth-order valence-corrected chi connectivity index (χ4v) is 2.32. The lowest BCUT2D eigenvalue weighted by Crippen LogP contribution is -2.17. The lowest BCUT2D eigenvalue weighted by atomic mass is 9.97. The Hall–Kier alpha value is -0.730.